The van der Waals surface area contributed by atoms with Gasteiger partial charge >= 0.3 is 0 Å². The highest BCUT2D eigenvalue weighted by Crippen LogP contribution is 2.52. The summed E-state index contributed by atoms with van der Waals surface area (Å²) in [6.45, 7) is 13.2. The lowest BCUT2D eigenvalue weighted by molar-refractivity contribution is -0.182. The van der Waals surface area contributed by atoms with Gasteiger partial charge in [-0.3, -0.25) is 14.9 Å². The van der Waals surface area contributed by atoms with Crippen LogP contribution in [0.25, 0.3) is 11.1 Å². The third kappa shape index (κ3) is 9.28. The second-order valence-corrected chi connectivity index (χ2v) is 20.4. The number of nitrogens with zero attached hydrogens (tertiary/aromatic N) is 3. The van der Waals surface area contributed by atoms with Crippen LogP contribution in [0.3, 0.4) is 0 Å². The number of carbonyl (C=O) groups is 1. The Morgan fingerprint density at radius 3 is 2.38 bits per heavy atom. The van der Waals surface area contributed by atoms with Crippen molar-refractivity contribution >= 4 is 21.4 Å². The van der Waals surface area contributed by atoms with Crippen LogP contribution in [0.4, 0.5) is 5.69 Å². The highest BCUT2D eigenvalue weighted by molar-refractivity contribution is 7.92. The SMILES string of the molecule is C=C1[C@H]2C[C@H](NC(=O)[C@@H]3[C@H]([C@H](C)O)[C@H](CO)ON3Cc3cccc(-c4cc(C(O)N[C@@H](CN(C)C)CS(=O)(=O)C(C)(C)C)cc(N(C)C)c4)c3OC)[C@@H](C)[C@@H]1C2. The predicted molar refractivity (Wildman–Crippen MR) is 220 cm³/mol. The van der Waals surface area contributed by atoms with E-state index in [0.717, 1.165) is 29.7 Å². The van der Waals surface area contributed by atoms with Gasteiger partial charge in [0.1, 0.15) is 24.1 Å². The molecule has 3 aliphatic carbocycles. The van der Waals surface area contributed by atoms with Crippen LogP contribution in [0.5, 0.6) is 5.75 Å². The Labute approximate surface area is 333 Å². The van der Waals surface area contributed by atoms with Crippen LogP contribution in [0.15, 0.2) is 48.6 Å². The number of aliphatic hydroxyl groups excluding tert-OH is 3. The number of aliphatic hydroxyl groups is 3. The average Bonchev–Trinajstić information content (AvgIpc) is 3.49. The van der Waals surface area contributed by atoms with E-state index < -0.39 is 51.0 Å². The van der Waals surface area contributed by atoms with Gasteiger partial charge in [0.05, 0.1) is 36.9 Å². The van der Waals surface area contributed by atoms with E-state index in [9.17, 15) is 28.5 Å². The molecule has 1 unspecified atom stereocenters. The van der Waals surface area contributed by atoms with Crippen LogP contribution in [0.1, 0.15) is 64.8 Å². The lowest BCUT2D eigenvalue weighted by Gasteiger charge is -2.52. The number of nitrogens with one attached hydrogen (secondary N) is 2. The van der Waals surface area contributed by atoms with Gasteiger partial charge in [-0.2, -0.15) is 5.06 Å². The standard InChI is InChI=1S/C42H65N5O8S/c1-24-28-18-34(24)25(2)35(19-28)44-41(51)38-37(26(3)49)36(22-48)55-47(38)20-27-13-12-14-33(39(27)54-11)29-15-30(17-32(16-29)46(9)10)40(50)43-31(21-45(7)8)23-56(52,53)42(4,5)6/h12-17,25-26,28,31,34-38,40,43,48-50H,1,18-23H2,2-11H3,(H,44,51)/t25-,26-,28+,31-,34+,35-,36-,37+,38-,40?/m0/s1. The number of anilines is 1. The highest BCUT2D eigenvalue weighted by atomic mass is 32.2. The van der Waals surface area contributed by atoms with E-state index >= 15 is 0 Å². The quantitative estimate of drug-likeness (QED) is 0.125. The third-order valence-electron chi connectivity index (χ3n) is 12.1. The molecule has 56 heavy (non-hydrogen) atoms. The summed E-state index contributed by atoms with van der Waals surface area (Å²) in [4.78, 5) is 24.3. The molecule has 4 fully saturated rings. The minimum absolute atomic E-state index is 0.0247. The number of amides is 1. The highest BCUT2D eigenvalue weighted by Gasteiger charge is 2.52. The van der Waals surface area contributed by atoms with Crippen molar-refractivity contribution in [3.05, 3.63) is 59.7 Å². The average molecular weight is 800 g/mol. The summed E-state index contributed by atoms with van der Waals surface area (Å²) in [7, 11) is 5.61. The van der Waals surface area contributed by atoms with Gasteiger partial charge in [0.15, 0.2) is 9.84 Å². The van der Waals surface area contributed by atoms with E-state index in [2.05, 4.69) is 24.1 Å². The molecule has 2 aromatic rings. The minimum Gasteiger partial charge on any atom is -0.496 e. The maximum atomic E-state index is 14.2. The third-order valence-corrected chi connectivity index (χ3v) is 14.8. The molecule has 1 aliphatic heterocycles. The Bertz CT molecular complexity index is 1830. The zero-order chi connectivity index (χ0) is 41.4. The van der Waals surface area contributed by atoms with Crippen molar-refractivity contribution in [2.45, 2.75) is 95.3 Å². The molecule has 14 heteroatoms. The van der Waals surface area contributed by atoms with Crippen LogP contribution in [0, 0.1) is 23.7 Å². The molecule has 10 atom stereocenters. The number of rotatable bonds is 16. The lowest BCUT2D eigenvalue weighted by Crippen LogP contribution is -2.57. The number of carbonyl (C=O) groups excluding carboxylic acids is 1. The largest absolute Gasteiger partial charge is 0.496 e. The molecule has 2 aromatic carbocycles. The molecule has 3 saturated carbocycles. The maximum absolute atomic E-state index is 14.2. The lowest BCUT2D eigenvalue weighted by atomic mass is 9.56. The summed E-state index contributed by atoms with van der Waals surface area (Å²) >= 11 is 0. The van der Waals surface area contributed by atoms with Gasteiger partial charge < -0.3 is 35.2 Å². The Morgan fingerprint density at radius 1 is 1.12 bits per heavy atom. The van der Waals surface area contributed by atoms with Crippen molar-refractivity contribution in [3.8, 4) is 16.9 Å². The normalized spacial score (nSPS) is 27.1. The van der Waals surface area contributed by atoms with Gasteiger partial charge in [-0.15, -0.1) is 0 Å². The Hall–Kier alpha value is -3.08. The number of ether oxygens (including phenoxy) is 1. The van der Waals surface area contributed by atoms with Crippen LogP contribution < -0.4 is 20.3 Å². The Balaban J connectivity index is 1.46. The van der Waals surface area contributed by atoms with Gasteiger partial charge in [-0.05, 0) is 102 Å². The number of hydrogen-bond acceptors (Lipinski definition) is 12. The molecule has 5 N–H and O–H groups in total. The maximum Gasteiger partial charge on any atom is 0.240 e. The number of hydrogen-bond donors (Lipinski definition) is 5. The summed E-state index contributed by atoms with van der Waals surface area (Å²) in [5.41, 5.74) is 4.80. The van der Waals surface area contributed by atoms with E-state index in [1.165, 1.54) is 5.57 Å². The zero-order valence-electron chi connectivity index (χ0n) is 34.8. The molecule has 13 nitrogen and oxygen atoms in total. The summed E-state index contributed by atoms with van der Waals surface area (Å²) in [5.74, 6) is 0.500. The van der Waals surface area contributed by atoms with E-state index in [-0.39, 0.29) is 36.8 Å². The van der Waals surface area contributed by atoms with Crippen LogP contribution >= 0.6 is 0 Å². The van der Waals surface area contributed by atoms with E-state index in [4.69, 9.17) is 9.57 Å². The topological polar surface area (TPSA) is 164 Å². The second kappa shape index (κ2) is 17.4. The van der Waals surface area contributed by atoms with Crippen molar-refractivity contribution in [2.24, 2.45) is 23.7 Å². The first kappa shape index (κ1) is 44.0. The summed E-state index contributed by atoms with van der Waals surface area (Å²) in [6, 6.07) is 9.94. The first-order chi connectivity index (χ1) is 26.2. The molecular weight excluding hydrogens is 735 g/mol. The first-order valence-electron chi connectivity index (χ1n) is 19.7. The molecule has 1 heterocycles. The smallest absolute Gasteiger partial charge is 0.240 e. The Kier molecular flexibility index (Phi) is 13.7. The van der Waals surface area contributed by atoms with Crippen molar-refractivity contribution < 1.29 is 38.1 Å². The van der Waals surface area contributed by atoms with E-state index in [1.807, 2.05) is 74.4 Å². The van der Waals surface area contributed by atoms with Gasteiger partial charge in [0, 0.05) is 55.5 Å². The number of allylic oxidation sites excluding steroid dienone is 1. The van der Waals surface area contributed by atoms with Gasteiger partial charge in [-0.1, -0.05) is 37.3 Å². The second-order valence-electron chi connectivity index (χ2n) is 17.6. The van der Waals surface area contributed by atoms with Crippen molar-refractivity contribution in [3.63, 3.8) is 0 Å². The van der Waals surface area contributed by atoms with Gasteiger partial charge in [0.25, 0.3) is 0 Å². The fourth-order valence-electron chi connectivity index (χ4n) is 8.67. The number of likely N-dealkylation sites (N-methyl/N-ethyl adjacent to an activating group) is 1. The van der Waals surface area contributed by atoms with Crippen molar-refractivity contribution in [2.75, 3.05) is 59.1 Å². The van der Waals surface area contributed by atoms with E-state index in [0.29, 0.717) is 35.3 Å². The number of para-hydroxylation sites is 1. The molecule has 2 bridgehead atoms. The number of methoxy groups -OCH3 is 1. The molecule has 312 valence electrons. The molecule has 0 radical (unpaired) electrons. The van der Waals surface area contributed by atoms with Gasteiger partial charge in [-0.25, -0.2) is 8.42 Å². The molecule has 1 saturated heterocycles. The molecular formula is C42H65N5O8S. The minimum atomic E-state index is -3.50. The van der Waals surface area contributed by atoms with E-state index in [1.54, 1.807) is 39.9 Å². The Morgan fingerprint density at radius 2 is 1.82 bits per heavy atom. The number of fused-ring (bicyclic) bond motifs is 2. The van der Waals surface area contributed by atoms with Crippen molar-refractivity contribution in [1.29, 1.82) is 0 Å². The zero-order valence-corrected chi connectivity index (χ0v) is 35.6. The molecule has 6 rings (SSSR count). The molecule has 1 amide bonds. The number of sulfone groups is 1. The first-order valence-corrected chi connectivity index (χ1v) is 21.3. The van der Waals surface area contributed by atoms with Crippen molar-refractivity contribution in [1.82, 2.24) is 20.6 Å². The molecule has 0 spiro atoms. The molecule has 0 aromatic heterocycles. The van der Waals surface area contributed by atoms with Gasteiger partial charge in [0.2, 0.25) is 5.91 Å². The number of hydroxylamine groups is 2. The predicted octanol–water partition coefficient (Wildman–Crippen LogP) is 3.34. The van der Waals surface area contributed by atoms with Crippen LogP contribution in [0.2, 0.25) is 0 Å². The fourth-order valence-corrected chi connectivity index (χ4v) is 9.90. The number of benzene rings is 2. The van der Waals surface area contributed by atoms with Crippen LogP contribution in [-0.4, -0.2) is 129 Å². The summed E-state index contributed by atoms with van der Waals surface area (Å²) in [5, 5.41) is 40.9. The molecule has 4 aliphatic rings. The van der Waals surface area contributed by atoms with Crippen LogP contribution in [-0.2, 0) is 26.0 Å². The summed E-state index contributed by atoms with van der Waals surface area (Å²) < 4.78 is 31.6. The summed E-state index contributed by atoms with van der Waals surface area (Å²) in [6.07, 6.45) is -0.976. The fraction of sp³-hybridized carbons (Fsp3) is 0.643. The monoisotopic (exact) mass is 799 g/mol.